The molecule has 0 N–H and O–H groups in total. The summed E-state index contributed by atoms with van der Waals surface area (Å²) < 4.78 is 12.8. The maximum absolute atomic E-state index is 13.2. The van der Waals surface area contributed by atoms with Crippen molar-refractivity contribution in [3.8, 4) is 11.5 Å². The zero-order valence-electron chi connectivity index (χ0n) is 16.7. The van der Waals surface area contributed by atoms with Crippen molar-refractivity contribution in [2.75, 3.05) is 6.79 Å². The van der Waals surface area contributed by atoms with E-state index in [1.807, 2.05) is 59.1 Å². The number of fused-ring (bicyclic) bond motifs is 1. The molecule has 0 saturated carbocycles. The highest BCUT2D eigenvalue weighted by Gasteiger charge is 2.23. The van der Waals surface area contributed by atoms with Crippen molar-refractivity contribution in [1.82, 2.24) is 14.5 Å². The third kappa shape index (κ3) is 4.26. The van der Waals surface area contributed by atoms with Crippen LogP contribution in [0.3, 0.4) is 0 Å². The topological polar surface area (TPSA) is 56.6 Å². The number of benzene rings is 2. The standard InChI is InChI=1S/C23H25N3O3/c1-17(19-6-4-3-5-7-19)26(15-22-24-12-13-25(22)2)23(27)11-9-18-8-10-20-21(14-18)29-16-28-20/h3-8,10,12-14,17H,9,11,15-16H2,1-2H3/t17-/m0/s1. The molecule has 1 aliphatic heterocycles. The van der Waals surface area contributed by atoms with E-state index >= 15 is 0 Å². The van der Waals surface area contributed by atoms with Gasteiger partial charge in [0, 0.05) is 25.9 Å². The Morgan fingerprint density at radius 3 is 2.72 bits per heavy atom. The molecule has 0 fully saturated rings. The van der Waals surface area contributed by atoms with E-state index in [1.165, 1.54) is 0 Å². The molecule has 3 aromatic rings. The van der Waals surface area contributed by atoms with Gasteiger partial charge in [0.15, 0.2) is 11.5 Å². The minimum Gasteiger partial charge on any atom is -0.454 e. The van der Waals surface area contributed by atoms with E-state index in [4.69, 9.17) is 9.47 Å². The number of carbonyl (C=O) groups excluding carboxylic acids is 1. The van der Waals surface area contributed by atoms with Crippen molar-refractivity contribution in [1.29, 1.82) is 0 Å². The Labute approximate surface area is 170 Å². The van der Waals surface area contributed by atoms with Crippen molar-refractivity contribution in [2.24, 2.45) is 7.05 Å². The second-order valence-electron chi connectivity index (χ2n) is 7.25. The summed E-state index contributed by atoms with van der Waals surface area (Å²) in [5.74, 6) is 2.47. The van der Waals surface area contributed by atoms with Crippen LogP contribution in [0.4, 0.5) is 0 Å². The Bertz CT molecular complexity index is 984. The molecule has 1 aromatic heterocycles. The number of aryl methyl sites for hydroxylation is 2. The lowest BCUT2D eigenvalue weighted by molar-refractivity contribution is -0.134. The van der Waals surface area contributed by atoms with Gasteiger partial charge in [0.1, 0.15) is 5.82 Å². The van der Waals surface area contributed by atoms with E-state index in [0.29, 0.717) is 19.4 Å². The molecular weight excluding hydrogens is 366 g/mol. The van der Waals surface area contributed by atoms with Gasteiger partial charge in [-0.25, -0.2) is 4.98 Å². The number of imidazole rings is 1. The van der Waals surface area contributed by atoms with E-state index in [9.17, 15) is 4.79 Å². The number of amides is 1. The second kappa shape index (κ2) is 8.39. The molecule has 0 aliphatic carbocycles. The van der Waals surface area contributed by atoms with Crippen molar-refractivity contribution in [3.05, 3.63) is 77.9 Å². The number of hydrogen-bond donors (Lipinski definition) is 0. The van der Waals surface area contributed by atoms with Crippen LogP contribution >= 0.6 is 0 Å². The summed E-state index contributed by atoms with van der Waals surface area (Å²) in [5, 5.41) is 0. The zero-order chi connectivity index (χ0) is 20.2. The fraction of sp³-hybridized carbons (Fsp3) is 0.304. The third-order valence-electron chi connectivity index (χ3n) is 5.37. The van der Waals surface area contributed by atoms with Crippen LogP contribution in [0, 0.1) is 0 Å². The molecule has 0 unspecified atom stereocenters. The largest absolute Gasteiger partial charge is 0.454 e. The summed E-state index contributed by atoms with van der Waals surface area (Å²) >= 11 is 0. The molecule has 150 valence electrons. The van der Waals surface area contributed by atoms with Crippen LogP contribution in [0.15, 0.2) is 60.9 Å². The predicted octanol–water partition coefficient (Wildman–Crippen LogP) is 3.87. The molecule has 0 radical (unpaired) electrons. The lowest BCUT2D eigenvalue weighted by atomic mass is 10.0. The van der Waals surface area contributed by atoms with Gasteiger partial charge in [-0.3, -0.25) is 4.79 Å². The molecule has 2 heterocycles. The first-order valence-electron chi connectivity index (χ1n) is 9.81. The van der Waals surface area contributed by atoms with E-state index in [1.54, 1.807) is 6.20 Å². The van der Waals surface area contributed by atoms with Gasteiger partial charge in [0.25, 0.3) is 0 Å². The highest BCUT2D eigenvalue weighted by Crippen LogP contribution is 2.33. The Kier molecular flexibility index (Phi) is 5.51. The van der Waals surface area contributed by atoms with Gasteiger partial charge in [-0.15, -0.1) is 0 Å². The first-order valence-corrected chi connectivity index (χ1v) is 9.81. The van der Waals surface area contributed by atoms with Gasteiger partial charge >= 0.3 is 0 Å². The lowest BCUT2D eigenvalue weighted by Crippen LogP contribution is -2.34. The summed E-state index contributed by atoms with van der Waals surface area (Å²) in [5.41, 5.74) is 2.17. The van der Waals surface area contributed by atoms with E-state index in [-0.39, 0.29) is 18.7 Å². The van der Waals surface area contributed by atoms with Crippen molar-refractivity contribution < 1.29 is 14.3 Å². The van der Waals surface area contributed by atoms with Crippen LogP contribution in [0.2, 0.25) is 0 Å². The highest BCUT2D eigenvalue weighted by atomic mass is 16.7. The maximum Gasteiger partial charge on any atom is 0.231 e. The molecule has 1 atom stereocenters. The number of rotatable bonds is 7. The molecular formula is C23H25N3O3. The molecule has 1 amide bonds. The van der Waals surface area contributed by atoms with Crippen molar-refractivity contribution in [3.63, 3.8) is 0 Å². The lowest BCUT2D eigenvalue weighted by Gasteiger charge is -2.29. The quantitative estimate of drug-likeness (QED) is 0.613. The number of ether oxygens (including phenoxy) is 2. The van der Waals surface area contributed by atoms with Crippen molar-refractivity contribution >= 4 is 5.91 Å². The molecule has 0 bridgehead atoms. The molecule has 0 spiro atoms. The van der Waals surface area contributed by atoms with Crippen LogP contribution in [0.25, 0.3) is 0 Å². The first-order chi connectivity index (χ1) is 14.1. The van der Waals surface area contributed by atoms with E-state index in [2.05, 4.69) is 24.0 Å². The molecule has 29 heavy (non-hydrogen) atoms. The Morgan fingerprint density at radius 2 is 1.97 bits per heavy atom. The summed E-state index contributed by atoms with van der Waals surface area (Å²) in [6, 6.07) is 15.9. The fourth-order valence-electron chi connectivity index (χ4n) is 3.55. The Hall–Kier alpha value is -3.28. The van der Waals surface area contributed by atoms with Crippen LogP contribution in [-0.4, -0.2) is 27.2 Å². The van der Waals surface area contributed by atoms with Gasteiger partial charge < -0.3 is 18.9 Å². The van der Waals surface area contributed by atoms with Crippen LogP contribution in [0.5, 0.6) is 11.5 Å². The first kappa shape index (κ1) is 19.1. The monoisotopic (exact) mass is 391 g/mol. The average Bonchev–Trinajstić information content (AvgIpc) is 3.38. The van der Waals surface area contributed by atoms with E-state index < -0.39 is 0 Å². The van der Waals surface area contributed by atoms with Gasteiger partial charge in [-0.05, 0) is 36.6 Å². The van der Waals surface area contributed by atoms with E-state index in [0.717, 1.165) is 28.5 Å². The predicted molar refractivity (Wildman–Crippen MR) is 110 cm³/mol. The summed E-state index contributed by atoms with van der Waals surface area (Å²) in [4.78, 5) is 19.6. The summed E-state index contributed by atoms with van der Waals surface area (Å²) in [6.07, 6.45) is 4.73. The van der Waals surface area contributed by atoms with Gasteiger partial charge in [-0.1, -0.05) is 36.4 Å². The highest BCUT2D eigenvalue weighted by molar-refractivity contribution is 5.77. The molecule has 1 aliphatic rings. The van der Waals surface area contributed by atoms with Crippen molar-refractivity contribution in [2.45, 2.75) is 32.4 Å². The normalized spacial score (nSPS) is 13.3. The number of aromatic nitrogens is 2. The smallest absolute Gasteiger partial charge is 0.231 e. The van der Waals surface area contributed by atoms with Gasteiger partial charge in [0.2, 0.25) is 12.7 Å². The molecule has 0 saturated heterocycles. The van der Waals surface area contributed by atoms with Gasteiger partial charge in [0.05, 0.1) is 12.6 Å². The van der Waals surface area contributed by atoms with Crippen LogP contribution in [0.1, 0.15) is 36.3 Å². The minimum atomic E-state index is -0.0443. The number of carbonyl (C=O) groups is 1. The molecule has 6 heteroatoms. The third-order valence-corrected chi connectivity index (χ3v) is 5.37. The second-order valence-corrected chi connectivity index (χ2v) is 7.25. The van der Waals surface area contributed by atoms with Crippen LogP contribution < -0.4 is 9.47 Å². The number of nitrogens with zero attached hydrogens (tertiary/aromatic N) is 3. The average molecular weight is 391 g/mol. The molecule has 4 rings (SSSR count). The minimum absolute atomic E-state index is 0.0443. The molecule has 6 nitrogen and oxygen atoms in total. The Balaban J connectivity index is 1.50. The zero-order valence-corrected chi connectivity index (χ0v) is 16.7. The fourth-order valence-corrected chi connectivity index (χ4v) is 3.55. The number of hydrogen-bond acceptors (Lipinski definition) is 4. The Morgan fingerprint density at radius 1 is 1.17 bits per heavy atom. The molecule has 2 aromatic carbocycles. The SMILES string of the molecule is C[C@@H](c1ccccc1)N(Cc1nccn1C)C(=O)CCc1ccc2c(c1)OCO2. The summed E-state index contributed by atoms with van der Waals surface area (Å²) in [7, 11) is 1.95. The summed E-state index contributed by atoms with van der Waals surface area (Å²) in [6.45, 7) is 2.79. The van der Waals surface area contributed by atoms with Gasteiger partial charge in [-0.2, -0.15) is 0 Å². The van der Waals surface area contributed by atoms with Crippen LogP contribution in [-0.2, 0) is 24.8 Å². The maximum atomic E-state index is 13.2.